The van der Waals surface area contributed by atoms with Crippen LogP contribution in [0.25, 0.3) is 10.9 Å². The maximum Gasteiger partial charge on any atom is 0.323 e. The number of hydrogen-bond acceptors (Lipinski definition) is 5. The van der Waals surface area contributed by atoms with E-state index in [9.17, 15) is 4.79 Å². The molecule has 3 heterocycles. The normalized spacial score (nSPS) is 12.4. The number of nitrogens with zero attached hydrogens (tertiary/aromatic N) is 3. The second-order valence-corrected chi connectivity index (χ2v) is 9.29. The van der Waals surface area contributed by atoms with Gasteiger partial charge in [0.05, 0.1) is 5.69 Å². The first-order valence-corrected chi connectivity index (χ1v) is 12.2. The van der Waals surface area contributed by atoms with Crippen LogP contribution in [-0.2, 0) is 19.9 Å². The Morgan fingerprint density at radius 2 is 1.76 bits per heavy atom. The Balaban J connectivity index is 1.31. The molecule has 184 valence electrons. The highest BCUT2D eigenvalue weighted by Gasteiger charge is 2.13. The molecule has 2 amide bonds. The molecular formula is C29H27N7O. The van der Waals surface area contributed by atoms with E-state index in [1.54, 1.807) is 6.20 Å². The Bertz CT molecular complexity index is 1640. The van der Waals surface area contributed by atoms with E-state index in [0.29, 0.717) is 5.95 Å². The van der Waals surface area contributed by atoms with E-state index in [2.05, 4.69) is 49.4 Å². The zero-order chi connectivity index (χ0) is 25.4. The first kappa shape index (κ1) is 22.6. The van der Waals surface area contributed by atoms with Crippen LogP contribution < -0.4 is 21.3 Å². The zero-order valence-corrected chi connectivity index (χ0v) is 20.7. The number of nitrogens with one attached hydrogen (secondary N) is 4. The van der Waals surface area contributed by atoms with Gasteiger partial charge in [-0.15, -0.1) is 0 Å². The van der Waals surface area contributed by atoms with Crippen molar-refractivity contribution in [3.8, 4) is 0 Å². The Labute approximate surface area is 214 Å². The van der Waals surface area contributed by atoms with E-state index in [1.165, 1.54) is 5.56 Å². The van der Waals surface area contributed by atoms with Crippen molar-refractivity contribution in [2.24, 2.45) is 7.05 Å². The van der Waals surface area contributed by atoms with Crippen molar-refractivity contribution >= 4 is 51.4 Å². The topological polar surface area (TPSA) is 95.9 Å². The Morgan fingerprint density at radius 1 is 0.919 bits per heavy atom. The van der Waals surface area contributed by atoms with Crippen molar-refractivity contribution in [2.75, 3.05) is 21.3 Å². The third-order valence-electron chi connectivity index (χ3n) is 6.63. The number of aromatic nitrogens is 3. The summed E-state index contributed by atoms with van der Waals surface area (Å²) >= 11 is 0. The molecule has 1 aliphatic rings. The van der Waals surface area contributed by atoms with Crippen LogP contribution in [0.5, 0.6) is 0 Å². The van der Waals surface area contributed by atoms with Crippen LogP contribution in [0.15, 0.2) is 79.1 Å². The minimum absolute atomic E-state index is 0.279. The van der Waals surface area contributed by atoms with Crippen molar-refractivity contribution in [3.05, 3.63) is 95.8 Å². The number of fused-ring (bicyclic) bond motifs is 7. The number of urea groups is 1. The van der Waals surface area contributed by atoms with E-state index < -0.39 is 0 Å². The summed E-state index contributed by atoms with van der Waals surface area (Å²) in [4.78, 5) is 22.2. The molecule has 1 aliphatic heterocycles. The van der Waals surface area contributed by atoms with Crippen LogP contribution in [0, 0.1) is 6.92 Å². The number of amides is 2. The minimum Gasteiger partial charge on any atom is -0.350 e. The fraction of sp³-hybridized carbons (Fsp3) is 0.138. The van der Waals surface area contributed by atoms with Crippen molar-refractivity contribution in [1.29, 1.82) is 0 Å². The second-order valence-electron chi connectivity index (χ2n) is 9.29. The SMILES string of the molecule is Cc1cnc2nc1Nc1ccc(NC(=O)Nc3cccc4c3ccn4C)c(c1)CCc1cccc(c1)N2. The molecule has 5 aromatic rings. The van der Waals surface area contributed by atoms with Crippen LogP contribution in [0.3, 0.4) is 0 Å². The van der Waals surface area contributed by atoms with Gasteiger partial charge in [-0.1, -0.05) is 18.2 Å². The first-order chi connectivity index (χ1) is 18.0. The molecule has 8 heteroatoms. The Hall–Kier alpha value is -4.85. The number of carbonyl (C=O) groups is 1. The van der Waals surface area contributed by atoms with Crippen molar-refractivity contribution < 1.29 is 4.79 Å². The number of carbonyl (C=O) groups excluding carboxylic acids is 1. The molecule has 0 aliphatic carbocycles. The smallest absolute Gasteiger partial charge is 0.323 e. The molecule has 4 N–H and O–H groups in total. The lowest BCUT2D eigenvalue weighted by Crippen LogP contribution is -2.20. The van der Waals surface area contributed by atoms with Gasteiger partial charge in [0, 0.05) is 53.0 Å². The van der Waals surface area contributed by atoms with Crippen LogP contribution in [-0.4, -0.2) is 20.6 Å². The molecule has 3 aromatic carbocycles. The minimum atomic E-state index is -0.279. The molecule has 0 saturated carbocycles. The number of anilines is 6. The average molecular weight is 490 g/mol. The Morgan fingerprint density at radius 3 is 2.68 bits per heavy atom. The van der Waals surface area contributed by atoms with Gasteiger partial charge in [-0.3, -0.25) is 0 Å². The maximum absolute atomic E-state index is 13.1. The monoisotopic (exact) mass is 489 g/mol. The molecule has 0 saturated heterocycles. The summed E-state index contributed by atoms with van der Waals surface area (Å²) in [6.07, 6.45) is 5.36. The van der Waals surface area contributed by atoms with Crippen LogP contribution in [0.2, 0.25) is 0 Å². The molecule has 0 spiro atoms. The molecular weight excluding hydrogens is 462 g/mol. The number of rotatable bonds is 2. The summed E-state index contributed by atoms with van der Waals surface area (Å²) in [5.74, 6) is 1.27. The van der Waals surface area contributed by atoms with Crippen LogP contribution in [0.4, 0.5) is 39.3 Å². The number of hydrogen-bond donors (Lipinski definition) is 4. The summed E-state index contributed by atoms with van der Waals surface area (Å²) in [5, 5.41) is 13.8. The fourth-order valence-corrected chi connectivity index (χ4v) is 4.67. The van der Waals surface area contributed by atoms with Crippen LogP contribution >= 0.6 is 0 Å². The predicted octanol–water partition coefficient (Wildman–Crippen LogP) is 6.51. The lowest BCUT2D eigenvalue weighted by molar-refractivity contribution is 0.262. The number of benzene rings is 3. The van der Waals surface area contributed by atoms with Gasteiger partial charge in [0.15, 0.2) is 0 Å². The molecule has 8 nitrogen and oxygen atoms in total. The van der Waals surface area contributed by atoms with E-state index >= 15 is 0 Å². The lowest BCUT2D eigenvalue weighted by Gasteiger charge is -2.15. The molecule has 0 unspecified atom stereocenters. The summed E-state index contributed by atoms with van der Waals surface area (Å²) in [7, 11) is 1.99. The van der Waals surface area contributed by atoms with Crippen molar-refractivity contribution in [3.63, 3.8) is 0 Å². The highest BCUT2D eigenvalue weighted by molar-refractivity contribution is 6.06. The molecule has 6 bridgehead atoms. The molecule has 6 rings (SSSR count). The summed E-state index contributed by atoms with van der Waals surface area (Å²) in [6.45, 7) is 1.97. The van der Waals surface area contributed by atoms with Gasteiger partial charge in [-0.25, -0.2) is 9.78 Å². The third-order valence-corrected chi connectivity index (χ3v) is 6.63. The summed E-state index contributed by atoms with van der Waals surface area (Å²) in [6, 6.07) is 21.8. The molecule has 2 aromatic heterocycles. The predicted molar refractivity (Wildman–Crippen MR) is 149 cm³/mol. The third kappa shape index (κ3) is 4.69. The lowest BCUT2D eigenvalue weighted by atomic mass is 10.0. The van der Waals surface area contributed by atoms with Gasteiger partial charge in [0.1, 0.15) is 5.82 Å². The van der Waals surface area contributed by atoms with Crippen molar-refractivity contribution in [1.82, 2.24) is 14.5 Å². The number of aryl methyl sites for hydroxylation is 4. The van der Waals surface area contributed by atoms with Gasteiger partial charge in [-0.05, 0) is 79.4 Å². The van der Waals surface area contributed by atoms with Gasteiger partial charge < -0.3 is 25.8 Å². The average Bonchev–Trinajstić information content (AvgIpc) is 3.27. The molecule has 0 radical (unpaired) electrons. The quantitative estimate of drug-likeness (QED) is 0.227. The molecule has 0 atom stereocenters. The molecule has 37 heavy (non-hydrogen) atoms. The molecule has 0 fully saturated rings. The summed E-state index contributed by atoms with van der Waals surface area (Å²) < 4.78 is 2.03. The van der Waals surface area contributed by atoms with E-state index in [-0.39, 0.29) is 6.03 Å². The van der Waals surface area contributed by atoms with Gasteiger partial charge >= 0.3 is 6.03 Å². The van der Waals surface area contributed by atoms with Gasteiger partial charge in [0.2, 0.25) is 5.95 Å². The largest absolute Gasteiger partial charge is 0.350 e. The second kappa shape index (κ2) is 9.31. The maximum atomic E-state index is 13.1. The van der Waals surface area contributed by atoms with Gasteiger partial charge in [0.25, 0.3) is 0 Å². The standard InChI is InChI=1S/C29H27N7O/c1-18-17-30-28-32-21-6-3-5-19(15-21)9-10-20-16-22(31-27(18)35-28)11-12-24(20)33-29(37)34-25-7-4-8-26-23(25)13-14-36(26)2/h3-8,11-17H,9-10H2,1-2H3,(H2,33,34,37)(H2,30,31,32,35). The highest BCUT2D eigenvalue weighted by Crippen LogP contribution is 2.29. The van der Waals surface area contributed by atoms with E-state index in [0.717, 1.165) is 63.4 Å². The zero-order valence-electron chi connectivity index (χ0n) is 20.7. The summed E-state index contributed by atoms with van der Waals surface area (Å²) in [5.41, 5.74) is 7.59. The first-order valence-electron chi connectivity index (χ1n) is 12.2. The highest BCUT2D eigenvalue weighted by atomic mass is 16.2. The van der Waals surface area contributed by atoms with Crippen LogP contribution in [0.1, 0.15) is 16.7 Å². The van der Waals surface area contributed by atoms with Crippen molar-refractivity contribution in [2.45, 2.75) is 19.8 Å². The fourth-order valence-electron chi connectivity index (χ4n) is 4.67. The van der Waals surface area contributed by atoms with E-state index in [1.807, 2.05) is 73.3 Å². The van der Waals surface area contributed by atoms with E-state index in [4.69, 9.17) is 0 Å². The Kier molecular flexibility index (Phi) is 5.69. The van der Waals surface area contributed by atoms with Gasteiger partial charge in [-0.2, -0.15) is 4.98 Å².